The summed E-state index contributed by atoms with van der Waals surface area (Å²) in [6, 6.07) is 11.0. The van der Waals surface area contributed by atoms with Crippen LogP contribution in [0.25, 0.3) is 0 Å². The summed E-state index contributed by atoms with van der Waals surface area (Å²) in [4.78, 5) is 24.2. The highest BCUT2D eigenvalue weighted by molar-refractivity contribution is 9.10. The minimum atomic E-state index is -1.06. The number of hydrazone groups is 1. The highest BCUT2D eigenvalue weighted by Crippen LogP contribution is 2.25. The van der Waals surface area contributed by atoms with Gasteiger partial charge in [-0.15, -0.1) is 0 Å². The van der Waals surface area contributed by atoms with E-state index >= 15 is 0 Å². The van der Waals surface area contributed by atoms with Gasteiger partial charge in [0.25, 0.3) is 5.91 Å². The molecule has 8 heteroatoms. The minimum absolute atomic E-state index is 0.0132. The summed E-state index contributed by atoms with van der Waals surface area (Å²) in [7, 11) is 0. The number of rotatable bonds is 8. The normalized spacial score (nSPS) is 11.7. The van der Waals surface area contributed by atoms with E-state index in [1.54, 1.807) is 30.3 Å². The first-order chi connectivity index (χ1) is 13.4. The summed E-state index contributed by atoms with van der Waals surface area (Å²) in [6.07, 6.45) is 3.07. The van der Waals surface area contributed by atoms with Crippen LogP contribution in [0.2, 0.25) is 0 Å². The van der Waals surface area contributed by atoms with Crippen LogP contribution >= 0.6 is 15.9 Å². The number of halogens is 2. The molecule has 0 aliphatic heterocycles. The Hall–Kier alpha value is -3.00. The van der Waals surface area contributed by atoms with Gasteiger partial charge in [-0.2, -0.15) is 5.10 Å². The number of amides is 2. The molecule has 0 fully saturated rings. The van der Waals surface area contributed by atoms with Crippen molar-refractivity contribution in [3.63, 3.8) is 0 Å². The number of carbonyl (C=O) groups is 2. The first-order valence-corrected chi connectivity index (χ1v) is 9.13. The molecule has 2 aromatic carbocycles. The summed E-state index contributed by atoms with van der Waals surface area (Å²) in [5, 5.41) is 6.22. The van der Waals surface area contributed by atoms with Crippen molar-refractivity contribution < 1.29 is 18.7 Å². The second-order valence-corrected chi connectivity index (χ2v) is 6.57. The van der Waals surface area contributed by atoms with E-state index in [1.165, 1.54) is 31.3 Å². The average Bonchev–Trinajstić information content (AvgIpc) is 2.68. The molecule has 0 saturated heterocycles. The van der Waals surface area contributed by atoms with Gasteiger partial charge in [0.15, 0.2) is 0 Å². The number of nitrogens with zero attached hydrogens (tertiary/aromatic N) is 1. The number of para-hydroxylation sites is 1. The van der Waals surface area contributed by atoms with Crippen LogP contribution in [-0.4, -0.2) is 24.6 Å². The fourth-order valence-electron chi connectivity index (χ4n) is 2.05. The van der Waals surface area contributed by atoms with E-state index in [2.05, 4.69) is 38.4 Å². The molecule has 0 saturated carbocycles. The van der Waals surface area contributed by atoms with Gasteiger partial charge in [0.2, 0.25) is 5.91 Å². The molecule has 0 aliphatic carbocycles. The Morgan fingerprint density at radius 3 is 2.71 bits per heavy atom. The van der Waals surface area contributed by atoms with Gasteiger partial charge in [-0.25, -0.2) is 9.82 Å². The maximum absolute atomic E-state index is 13.6. The van der Waals surface area contributed by atoms with E-state index in [4.69, 9.17) is 4.74 Å². The summed E-state index contributed by atoms with van der Waals surface area (Å²) in [5.41, 5.74) is 3.02. The van der Waals surface area contributed by atoms with Crippen molar-refractivity contribution in [2.24, 2.45) is 11.0 Å². The molecule has 0 heterocycles. The van der Waals surface area contributed by atoms with Crippen molar-refractivity contribution >= 4 is 39.6 Å². The topological polar surface area (TPSA) is 79.8 Å². The number of carbonyl (C=O) groups excluding carboxylic acids is 2. The molecule has 2 N–H and O–H groups in total. The summed E-state index contributed by atoms with van der Waals surface area (Å²) in [5.74, 6) is -2.23. The zero-order chi connectivity index (χ0) is 20.5. The number of anilines is 1. The lowest BCUT2D eigenvalue weighted by Gasteiger charge is -2.11. The predicted molar refractivity (Wildman–Crippen MR) is 110 cm³/mol. The van der Waals surface area contributed by atoms with Gasteiger partial charge in [-0.3, -0.25) is 9.59 Å². The summed E-state index contributed by atoms with van der Waals surface area (Å²) in [6.45, 7) is 5.38. The molecule has 0 aromatic heterocycles. The molecule has 1 unspecified atom stereocenters. The highest BCUT2D eigenvalue weighted by atomic mass is 79.9. The lowest BCUT2D eigenvalue weighted by atomic mass is 10.1. The quantitative estimate of drug-likeness (QED) is 0.279. The van der Waals surface area contributed by atoms with E-state index in [0.717, 1.165) is 4.47 Å². The number of nitrogens with one attached hydrogen (secondary N) is 2. The molecule has 0 radical (unpaired) electrons. The van der Waals surface area contributed by atoms with Crippen molar-refractivity contribution in [3.8, 4) is 5.75 Å². The third kappa shape index (κ3) is 6.02. The average molecular weight is 448 g/mol. The Kier molecular flexibility index (Phi) is 7.88. The van der Waals surface area contributed by atoms with Crippen LogP contribution in [0.1, 0.15) is 12.5 Å². The molecule has 0 aliphatic rings. The van der Waals surface area contributed by atoms with Gasteiger partial charge >= 0.3 is 0 Å². The lowest BCUT2D eigenvalue weighted by Crippen LogP contribution is -2.34. The number of benzene rings is 2. The maximum atomic E-state index is 13.6. The fraction of sp³-hybridized carbons (Fsp3) is 0.150. The third-order valence-corrected chi connectivity index (χ3v) is 4.24. The van der Waals surface area contributed by atoms with E-state index in [1.807, 2.05) is 0 Å². The van der Waals surface area contributed by atoms with E-state index in [-0.39, 0.29) is 5.69 Å². The first kappa shape index (κ1) is 21.3. The molecule has 2 rings (SSSR count). The molecule has 28 heavy (non-hydrogen) atoms. The SMILES string of the molecule is C=CCOc1ccc(C=NNC(=O)C(C)C(=O)Nc2ccccc2F)cc1Br. The molecule has 0 bridgehead atoms. The maximum Gasteiger partial charge on any atom is 0.252 e. The molecule has 2 aromatic rings. The minimum Gasteiger partial charge on any atom is -0.488 e. The van der Waals surface area contributed by atoms with Crippen LogP contribution in [0.3, 0.4) is 0 Å². The molecule has 146 valence electrons. The smallest absolute Gasteiger partial charge is 0.252 e. The number of ether oxygens (including phenoxy) is 1. The monoisotopic (exact) mass is 447 g/mol. The molecule has 0 spiro atoms. The zero-order valence-corrected chi connectivity index (χ0v) is 16.7. The van der Waals surface area contributed by atoms with Crippen LogP contribution in [0.4, 0.5) is 10.1 Å². The van der Waals surface area contributed by atoms with Crippen molar-refractivity contribution in [2.75, 3.05) is 11.9 Å². The molecular formula is C20H19BrFN3O3. The van der Waals surface area contributed by atoms with Gasteiger partial charge in [0, 0.05) is 0 Å². The molecular weight excluding hydrogens is 429 g/mol. The summed E-state index contributed by atoms with van der Waals surface area (Å²) >= 11 is 3.39. The van der Waals surface area contributed by atoms with Crippen molar-refractivity contribution in [3.05, 3.63) is 71.0 Å². The summed E-state index contributed by atoms with van der Waals surface area (Å²) < 4.78 is 19.8. The predicted octanol–water partition coefficient (Wildman–Crippen LogP) is 3.88. The van der Waals surface area contributed by atoms with Crippen molar-refractivity contribution in [2.45, 2.75) is 6.92 Å². The van der Waals surface area contributed by atoms with E-state index < -0.39 is 23.5 Å². The Morgan fingerprint density at radius 1 is 1.29 bits per heavy atom. The standard InChI is InChI=1S/C20H19BrFN3O3/c1-3-10-28-18-9-8-14(11-15(18)21)12-23-25-20(27)13(2)19(26)24-17-7-5-4-6-16(17)22/h3-9,11-13H,1,10H2,2H3,(H,24,26)(H,25,27). The Balaban J connectivity index is 1.91. The fourth-order valence-corrected chi connectivity index (χ4v) is 2.56. The lowest BCUT2D eigenvalue weighted by molar-refractivity contribution is -0.131. The van der Waals surface area contributed by atoms with Crippen molar-refractivity contribution in [1.82, 2.24) is 5.43 Å². The van der Waals surface area contributed by atoms with E-state index in [9.17, 15) is 14.0 Å². The second kappa shape index (κ2) is 10.4. The van der Waals surface area contributed by atoms with Gasteiger partial charge in [0.05, 0.1) is 16.4 Å². The molecule has 1 atom stereocenters. The Labute approximate surface area is 170 Å². The Bertz CT molecular complexity index is 902. The second-order valence-electron chi connectivity index (χ2n) is 5.71. The third-order valence-electron chi connectivity index (χ3n) is 3.62. The van der Waals surface area contributed by atoms with Crippen LogP contribution in [0.15, 0.2) is 64.7 Å². The zero-order valence-electron chi connectivity index (χ0n) is 15.1. The van der Waals surface area contributed by atoms with Crippen LogP contribution in [0, 0.1) is 11.7 Å². The van der Waals surface area contributed by atoms with E-state index in [0.29, 0.717) is 17.9 Å². The van der Waals surface area contributed by atoms with Gasteiger partial charge in [-0.05, 0) is 58.7 Å². The number of hydrogen-bond donors (Lipinski definition) is 2. The molecule has 2 amide bonds. The highest BCUT2D eigenvalue weighted by Gasteiger charge is 2.22. The van der Waals surface area contributed by atoms with Gasteiger partial charge < -0.3 is 10.1 Å². The largest absolute Gasteiger partial charge is 0.488 e. The Morgan fingerprint density at radius 2 is 2.04 bits per heavy atom. The first-order valence-electron chi connectivity index (χ1n) is 8.34. The van der Waals surface area contributed by atoms with Crippen LogP contribution in [-0.2, 0) is 9.59 Å². The van der Waals surface area contributed by atoms with Crippen LogP contribution < -0.4 is 15.5 Å². The number of hydrogen-bond acceptors (Lipinski definition) is 4. The van der Waals surface area contributed by atoms with Crippen molar-refractivity contribution in [1.29, 1.82) is 0 Å². The van der Waals surface area contributed by atoms with Gasteiger partial charge in [-0.1, -0.05) is 24.8 Å². The van der Waals surface area contributed by atoms with Gasteiger partial charge in [0.1, 0.15) is 24.1 Å². The van der Waals surface area contributed by atoms with Crippen LogP contribution in [0.5, 0.6) is 5.75 Å². The molecule has 6 nitrogen and oxygen atoms in total.